The van der Waals surface area contributed by atoms with E-state index in [0.717, 1.165) is 29.5 Å². The topological polar surface area (TPSA) is 42.2 Å². The Bertz CT molecular complexity index is 543. The lowest BCUT2D eigenvalue weighted by Crippen LogP contribution is -2.26. The first-order valence-corrected chi connectivity index (χ1v) is 7.65. The highest BCUT2D eigenvalue weighted by Gasteiger charge is 2.11. The third kappa shape index (κ3) is 3.21. The van der Waals surface area contributed by atoms with Crippen LogP contribution in [-0.2, 0) is 0 Å². The highest BCUT2D eigenvalue weighted by atomic mass is 15.1. The van der Waals surface area contributed by atoms with Crippen LogP contribution in [-0.4, -0.2) is 18.1 Å². The van der Waals surface area contributed by atoms with E-state index >= 15 is 0 Å². The van der Waals surface area contributed by atoms with Gasteiger partial charge < -0.3 is 10.6 Å². The molecule has 0 atom stereocenters. The van der Waals surface area contributed by atoms with Gasteiger partial charge >= 0.3 is 0 Å². The Balaban J connectivity index is 2.33. The number of hydrogen-bond donors (Lipinski definition) is 1. The largest absolute Gasteiger partial charge is 0.397 e. The summed E-state index contributed by atoms with van der Waals surface area (Å²) in [6.07, 6.45) is 8.51. The normalized spacial score (nSPS) is 10.9. The van der Waals surface area contributed by atoms with Crippen molar-refractivity contribution in [3.8, 4) is 0 Å². The molecule has 0 saturated carbocycles. The van der Waals surface area contributed by atoms with E-state index < -0.39 is 0 Å². The van der Waals surface area contributed by atoms with Crippen LogP contribution in [0.3, 0.4) is 0 Å². The molecule has 0 aliphatic heterocycles. The minimum atomic E-state index is 0.886. The number of unbranched alkanes of at least 4 members (excludes halogenated alkanes) is 2. The predicted molar refractivity (Wildman–Crippen MR) is 88.2 cm³/mol. The van der Waals surface area contributed by atoms with E-state index in [2.05, 4.69) is 35.9 Å². The monoisotopic (exact) mass is 271 g/mol. The van der Waals surface area contributed by atoms with Crippen LogP contribution in [0, 0.1) is 0 Å². The molecule has 108 valence electrons. The summed E-state index contributed by atoms with van der Waals surface area (Å²) in [6.45, 7) is 6.62. The minimum absolute atomic E-state index is 0.886. The number of fused-ring (bicyclic) bond motifs is 1. The van der Waals surface area contributed by atoms with Gasteiger partial charge in [-0.3, -0.25) is 4.98 Å². The van der Waals surface area contributed by atoms with Crippen LogP contribution in [0.1, 0.15) is 39.5 Å². The zero-order valence-electron chi connectivity index (χ0n) is 12.6. The van der Waals surface area contributed by atoms with Gasteiger partial charge in [-0.05, 0) is 25.0 Å². The number of hydrogen-bond acceptors (Lipinski definition) is 3. The lowest BCUT2D eigenvalue weighted by molar-refractivity contribution is 0.679. The number of nitrogen functional groups attached to an aromatic ring is 1. The second-order valence-electron chi connectivity index (χ2n) is 5.29. The van der Waals surface area contributed by atoms with Crippen molar-refractivity contribution < 1.29 is 0 Å². The second kappa shape index (κ2) is 7.13. The summed E-state index contributed by atoms with van der Waals surface area (Å²) < 4.78 is 0. The number of nitrogens with two attached hydrogens (primary N) is 1. The van der Waals surface area contributed by atoms with Crippen LogP contribution in [0.2, 0.25) is 0 Å². The first-order chi connectivity index (χ1) is 9.77. The van der Waals surface area contributed by atoms with Crippen LogP contribution in [0.15, 0.2) is 30.6 Å². The molecule has 1 heterocycles. The standard InChI is InChI=1S/C17H25N3/c1-3-5-11-20(12-6-4-2)16-8-7-14-13-19-10-9-15(14)17(16)18/h7-10,13H,3-6,11-12,18H2,1-2H3. The first kappa shape index (κ1) is 14.6. The summed E-state index contributed by atoms with van der Waals surface area (Å²) >= 11 is 0. The summed E-state index contributed by atoms with van der Waals surface area (Å²) in [5.41, 5.74) is 8.45. The number of nitrogens with zero attached hydrogens (tertiary/aromatic N) is 2. The van der Waals surface area contributed by atoms with Crippen LogP contribution in [0.25, 0.3) is 10.8 Å². The van der Waals surface area contributed by atoms with Crippen LogP contribution < -0.4 is 10.6 Å². The van der Waals surface area contributed by atoms with Gasteiger partial charge in [0.15, 0.2) is 0 Å². The van der Waals surface area contributed by atoms with Gasteiger partial charge in [0.25, 0.3) is 0 Å². The van der Waals surface area contributed by atoms with E-state index in [1.807, 2.05) is 18.5 Å². The molecule has 0 unspecified atom stereocenters. The Morgan fingerprint density at radius 1 is 1.05 bits per heavy atom. The molecule has 0 aliphatic rings. The summed E-state index contributed by atoms with van der Waals surface area (Å²) in [6, 6.07) is 6.27. The minimum Gasteiger partial charge on any atom is -0.397 e. The average molecular weight is 271 g/mol. The molecular formula is C17H25N3. The van der Waals surface area contributed by atoms with Crippen molar-refractivity contribution in [2.24, 2.45) is 0 Å². The molecule has 1 aromatic heterocycles. The molecule has 3 heteroatoms. The Kier molecular flexibility index (Phi) is 5.22. The highest BCUT2D eigenvalue weighted by molar-refractivity contribution is 5.98. The molecule has 2 N–H and O–H groups in total. The van der Waals surface area contributed by atoms with Crippen molar-refractivity contribution in [2.45, 2.75) is 39.5 Å². The maximum Gasteiger partial charge on any atom is 0.0632 e. The second-order valence-corrected chi connectivity index (χ2v) is 5.29. The maximum absolute atomic E-state index is 6.39. The SMILES string of the molecule is CCCCN(CCCC)c1ccc2cnccc2c1N. The lowest BCUT2D eigenvalue weighted by Gasteiger charge is -2.26. The molecular weight excluding hydrogens is 246 g/mol. The lowest BCUT2D eigenvalue weighted by atomic mass is 10.1. The van der Waals surface area contributed by atoms with Gasteiger partial charge in [-0.25, -0.2) is 0 Å². The molecule has 20 heavy (non-hydrogen) atoms. The third-order valence-corrected chi connectivity index (χ3v) is 3.74. The van der Waals surface area contributed by atoms with Crippen LogP contribution >= 0.6 is 0 Å². The molecule has 2 aromatic rings. The summed E-state index contributed by atoms with van der Waals surface area (Å²) in [5, 5.41) is 2.22. The van der Waals surface area contributed by atoms with Gasteiger partial charge in [0.05, 0.1) is 11.4 Å². The van der Waals surface area contributed by atoms with Crippen molar-refractivity contribution >= 4 is 22.1 Å². The maximum atomic E-state index is 6.39. The molecule has 1 aromatic carbocycles. The van der Waals surface area contributed by atoms with Gasteiger partial charge in [-0.1, -0.05) is 32.8 Å². The smallest absolute Gasteiger partial charge is 0.0632 e. The van der Waals surface area contributed by atoms with Crippen molar-refractivity contribution in [1.82, 2.24) is 4.98 Å². The van der Waals surface area contributed by atoms with Gasteiger partial charge in [0.2, 0.25) is 0 Å². The molecule has 0 fully saturated rings. The van der Waals surface area contributed by atoms with Crippen molar-refractivity contribution in [3.63, 3.8) is 0 Å². The van der Waals surface area contributed by atoms with E-state index in [1.54, 1.807) is 0 Å². The molecule has 0 spiro atoms. The summed E-state index contributed by atoms with van der Waals surface area (Å²) in [4.78, 5) is 6.59. The fourth-order valence-corrected chi connectivity index (χ4v) is 2.51. The van der Waals surface area contributed by atoms with Crippen LogP contribution in [0.4, 0.5) is 11.4 Å². The Morgan fingerprint density at radius 2 is 1.75 bits per heavy atom. The van der Waals surface area contributed by atoms with E-state index in [4.69, 9.17) is 5.73 Å². The van der Waals surface area contributed by atoms with E-state index in [0.29, 0.717) is 0 Å². The van der Waals surface area contributed by atoms with Gasteiger partial charge in [0.1, 0.15) is 0 Å². The van der Waals surface area contributed by atoms with Crippen molar-refractivity contribution in [3.05, 3.63) is 30.6 Å². The molecule has 0 saturated heterocycles. The van der Waals surface area contributed by atoms with E-state index in [-0.39, 0.29) is 0 Å². The fraction of sp³-hybridized carbons (Fsp3) is 0.471. The fourth-order valence-electron chi connectivity index (χ4n) is 2.51. The molecule has 0 bridgehead atoms. The highest BCUT2D eigenvalue weighted by Crippen LogP contribution is 2.31. The molecule has 0 radical (unpaired) electrons. The Labute approximate surface area is 121 Å². The number of aromatic nitrogens is 1. The average Bonchev–Trinajstić information content (AvgIpc) is 2.49. The zero-order chi connectivity index (χ0) is 14.4. The van der Waals surface area contributed by atoms with E-state index in [9.17, 15) is 0 Å². The Morgan fingerprint density at radius 3 is 2.40 bits per heavy atom. The number of pyridine rings is 1. The molecule has 3 nitrogen and oxygen atoms in total. The molecule has 2 rings (SSSR count). The predicted octanol–water partition coefficient (Wildman–Crippen LogP) is 4.22. The quantitative estimate of drug-likeness (QED) is 0.766. The molecule has 0 amide bonds. The Hall–Kier alpha value is -1.77. The van der Waals surface area contributed by atoms with Crippen molar-refractivity contribution in [2.75, 3.05) is 23.7 Å². The third-order valence-electron chi connectivity index (χ3n) is 3.74. The number of benzene rings is 1. The first-order valence-electron chi connectivity index (χ1n) is 7.65. The van der Waals surface area contributed by atoms with Crippen molar-refractivity contribution in [1.29, 1.82) is 0 Å². The summed E-state index contributed by atoms with van der Waals surface area (Å²) in [7, 11) is 0. The van der Waals surface area contributed by atoms with Gasteiger partial charge in [-0.2, -0.15) is 0 Å². The van der Waals surface area contributed by atoms with Crippen LogP contribution in [0.5, 0.6) is 0 Å². The number of rotatable bonds is 7. The van der Waals surface area contributed by atoms with Gasteiger partial charge in [0, 0.05) is 36.3 Å². The number of anilines is 2. The summed E-state index contributed by atoms with van der Waals surface area (Å²) in [5.74, 6) is 0. The van der Waals surface area contributed by atoms with E-state index in [1.165, 1.54) is 31.4 Å². The zero-order valence-corrected chi connectivity index (χ0v) is 12.6. The molecule has 0 aliphatic carbocycles. The van der Waals surface area contributed by atoms with Gasteiger partial charge in [-0.15, -0.1) is 0 Å².